The molecule has 0 aliphatic heterocycles. The van der Waals surface area contributed by atoms with Crippen LogP contribution in [0.25, 0.3) is 0 Å². The van der Waals surface area contributed by atoms with E-state index in [1.54, 1.807) is 0 Å². The van der Waals surface area contributed by atoms with E-state index < -0.39 is 5.60 Å². The van der Waals surface area contributed by atoms with Crippen molar-refractivity contribution in [2.75, 3.05) is 6.61 Å². The van der Waals surface area contributed by atoms with Crippen molar-refractivity contribution in [2.24, 2.45) is 11.8 Å². The van der Waals surface area contributed by atoms with E-state index in [2.05, 4.69) is 13.8 Å². The Labute approximate surface area is 75.6 Å². The molecule has 0 saturated heterocycles. The zero-order valence-electron chi connectivity index (χ0n) is 8.67. The molecule has 2 unspecified atom stereocenters. The van der Waals surface area contributed by atoms with Gasteiger partial charge in [-0.05, 0) is 25.7 Å². The summed E-state index contributed by atoms with van der Waals surface area (Å²) < 4.78 is 0. The minimum Gasteiger partial charge on any atom is -0.396 e. The first-order valence-electron chi connectivity index (χ1n) is 4.80. The fraction of sp³-hybridized carbons (Fsp3) is 1.00. The normalized spacial score (nSPS) is 17.5. The Morgan fingerprint density at radius 1 is 1.17 bits per heavy atom. The molecule has 0 spiro atoms. The maximum Gasteiger partial charge on any atom is 0.0623 e. The van der Waals surface area contributed by atoms with Crippen LogP contribution in [0.15, 0.2) is 0 Å². The highest BCUT2D eigenvalue weighted by atomic mass is 16.3. The van der Waals surface area contributed by atoms with Crippen molar-refractivity contribution >= 4 is 0 Å². The zero-order valence-corrected chi connectivity index (χ0v) is 8.67. The second-order valence-electron chi connectivity index (χ2n) is 4.02. The van der Waals surface area contributed by atoms with Crippen molar-refractivity contribution in [2.45, 2.75) is 46.1 Å². The van der Waals surface area contributed by atoms with E-state index in [4.69, 9.17) is 5.11 Å². The number of rotatable bonds is 5. The second kappa shape index (κ2) is 4.83. The van der Waals surface area contributed by atoms with Gasteiger partial charge >= 0.3 is 0 Å². The fourth-order valence-corrected chi connectivity index (χ4v) is 1.95. The molecule has 0 rings (SSSR count). The molecule has 0 aromatic carbocycles. The molecular formula is C10H22O2. The van der Waals surface area contributed by atoms with Crippen molar-refractivity contribution in [3.8, 4) is 0 Å². The van der Waals surface area contributed by atoms with E-state index in [1.807, 2.05) is 13.8 Å². The summed E-state index contributed by atoms with van der Waals surface area (Å²) in [6, 6.07) is 0. The van der Waals surface area contributed by atoms with Crippen LogP contribution >= 0.6 is 0 Å². The first-order chi connectivity index (χ1) is 5.47. The molecule has 0 fully saturated rings. The van der Waals surface area contributed by atoms with E-state index in [0.717, 1.165) is 12.8 Å². The van der Waals surface area contributed by atoms with Crippen LogP contribution in [0.2, 0.25) is 0 Å². The van der Waals surface area contributed by atoms with Crippen molar-refractivity contribution in [1.82, 2.24) is 0 Å². The van der Waals surface area contributed by atoms with Gasteiger partial charge in [0.2, 0.25) is 0 Å². The van der Waals surface area contributed by atoms with E-state index in [-0.39, 0.29) is 18.4 Å². The van der Waals surface area contributed by atoms with Gasteiger partial charge in [-0.25, -0.2) is 0 Å². The van der Waals surface area contributed by atoms with E-state index in [9.17, 15) is 5.11 Å². The number of aliphatic hydroxyl groups excluding tert-OH is 1. The van der Waals surface area contributed by atoms with Gasteiger partial charge in [0.15, 0.2) is 0 Å². The summed E-state index contributed by atoms with van der Waals surface area (Å²) in [6.45, 7) is 7.92. The zero-order chi connectivity index (χ0) is 9.78. The molecule has 0 radical (unpaired) electrons. The lowest BCUT2D eigenvalue weighted by Gasteiger charge is -2.34. The standard InChI is InChI=1S/C10H22O2/c1-5-8(7-11)9(6-2)10(3,4)12/h8-9,11-12H,5-7H2,1-4H3. The van der Waals surface area contributed by atoms with E-state index in [1.165, 1.54) is 0 Å². The lowest BCUT2D eigenvalue weighted by molar-refractivity contribution is -0.0260. The third-order valence-corrected chi connectivity index (χ3v) is 2.68. The Balaban J connectivity index is 4.31. The monoisotopic (exact) mass is 174 g/mol. The number of aliphatic hydroxyl groups is 2. The predicted octanol–water partition coefficient (Wildman–Crippen LogP) is 1.80. The maximum absolute atomic E-state index is 9.80. The molecule has 0 amide bonds. The minimum atomic E-state index is -0.668. The average Bonchev–Trinajstić information content (AvgIpc) is 1.97. The van der Waals surface area contributed by atoms with Crippen LogP contribution < -0.4 is 0 Å². The van der Waals surface area contributed by atoms with Gasteiger partial charge in [-0.3, -0.25) is 0 Å². The van der Waals surface area contributed by atoms with Gasteiger partial charge in [0, 0.05) is 6.61 Å². The maximum atomic E-state index is 9.80. The molecule has 2 heteroatoms. The Morgan fingerprint density at radius 3 is 1.75 bits per heavy atom. The molecule has 0 saturated carbocycles. The molecule has 0 aliphatic carbocycles. The average molecular weight is 174 g/mol. The molecule has 0 heterocycles. The van der Waals surface area contributed by atoms with Crippen LogP contribution in [0.4, 0.5) is 0 Å². The van der Waals surface area contributed by atoms with Gasteiger partial charge in [-0.2, -0.15) is 0 Å². The molecule has 74 valence electrons. The first kappa shape index (κ1) is 11.9. The van der Waals surface area contributed by atoms with Crippen LogP contribution in [0.3, 0.4) is 0 Å². The summed E-state index contributed by atoms with van der Waals surface area (Å²) in [5.74, 6) is 0.433. The SMILES string of the molecule is CCC(CO)C(CC)C(C)(C)O. The highest BCUT2D eigenvalue weighted by molar-refractivity contribution is 4.81. The van der Waals surface area contributed by atoms with Gasteiger partial charge < -0.3 is 10.2 Å². The lowest BCUT2D eigenvalue weighted by Crippen LogP contribution is -2.37. The molecule has 2 atom stereocenters. The Hall–Kier alpha value is -0.0800. The summed E-state index contributed by atoms with van der Waals surface area (Å²) in [6.07, 6.45) is 1.85. The fourth-order valence-electron chi connectivity index (χ4n) is 1.95. The summed E-state index contributed by atoms with van der Waals surface area (Å²) in [7, 11) is 0. The molecule has 0 aromatic heterocycles. The summed E-state index contributed by atoms with van der Waals surface area (Å²) in [5, 5.41) is 18.9. The molecule has 2 nitrogen and oxygen atoms in total. The van der Waals surface area contributed by atoms with Crippen LogP contribution in [0, 0.1) is 11.8 Å². The van der Waals surface area contributed by atoms with Crippen molar-refractivity contribution < 1.29 is 10.2 Å². The van der Waals surface area contributed by atoms with Gasteiger partial charge in [0.1, 0.15) is 0 Å². The van der Waals surface area contributed by atoms with Crippen LogP contribution in [0.5, 0.6) is 0 Å². The lowest BCUT2D eigenvalue weighted by atomic mass is 9.77. The van der Waals surface area contributed by atoms with Crippen molar-refractivity contribution in [1.29, 1.82) is 0 Å². The van der Waals surface area contributed by atoms with Crippen LogP contribution in [-0.4, -0.2) is 22.4 Å². The Morgan fingerprint density at radius 2 is 1.67 bits per heavy atom. The third-order valence-electron chi connectivity index (χ3n) is 2.68. The summed E-state index contributed by atoms with van der Waals surface area (Å²) >= 11 is 0. The van der Waals surface area contributed by atoms with Gasteiger partial charge in [0.05, 0.1) is 5.60 Å². The van der Waals surface area contributed by atoms with Gasteiger partial charge in [0.25, 0.3) is 0 Å². The van der Waals surface area contributed by atoms with Crippen molar-refractivity contribution in [3.63, 3.8) is 0 Å². The molecule has 0 aromatic rings. The second-order valence-corrected chi connectivity index (χ2v) is 4.02. The van der Waals surface area contributed by atoms with Gasteiger partial charge in [-0.1, -0.05) is 26.7 Å². The van der Waals surface area contributed by atoms with Crippen LogP contribution in [-0.2, 0) is 0 Å². The molecule has 2 N–H and O–H groups in total. The molecule has 12 heavy (non-hydrogen) atoms. The number of hydrogen-bond acceptors (Lipinski definition) is 2. The topological polar surface area (TPSA) is 40.5 Å². The summed E-state index contributed by atoms with van der Waals surface area (Å²) in [4.78, 5) is 0. The summed E-state index contributed by atoms with van der Waals surface area (Å²) in [5.41, 5.74) is -0.668. The third kappa shape index (κ3) is 3.11. The Kier molecular flexibility index (Phi) is 4.80. The molecule has 0 aliphatic rings. The highest BCUT2D eigenvalue weighted by Crippen LogP contribution is 2.29. The molecule has 0 bridgehead atoms. The predicted molar refractivity (Wildman–Crippen MR) is 50.9 cm³/mol. The van der Waals surface area contributed by atoms with Crippen molar-refractivity contribution in [3.05, 3.63) is 0 Å². The van der Waals surface area contributed by atoms with Gasteiger partial charge in [-0.15, -0.1) is 0 Å². The quantitative estimate of drug-likeness (QED) is 0.667. The van der Waals surface area contributed by atoms with E-state index in [0.29, 0.717) is 0 Å². The minimum absolute atomic E-state index is 0.180. The first-order valence-corrected chi connectivity index (χ1v) is 4.80. The smallest absolute Gasteiger partial charge is 0.0623 e. The van der Waals surface area contributed by atoms with Crippen LogP contribution in [0.1, 0.15) is 40.5 Å². The van der Waals surface area contributed by atoms with E-state index >= 15 is 0 Å². The molecular weight excluding hydrogens is 152 g/mol. The number of hydrogen-bond donors (Lipinski definition) is 2. The Bertz CT molecular complexity index is 111. The largest absolute Gasteiger partial charge is 0.396 e. The highest BCUT2D eigenvalue weighted by Gasteiger charge is 2.30.